The lowest BCUT2D eigenvalue weighted by molar-refractivity contribution is 0.0691. The van der Waals surface area contributed by atoms with Crippen molar-refractivity contribution in [3.63, 3.8) is 0 Å². The zero-order chi connectivity index (χ0) is 14.0. The van der Waals surface area contributed by atoms with Gasteiger partial charge in [0, 0.05) is 11.2 Å². The predicted molar refractivity (Wildman–Crippen MR) is 70.0 cm³/mol. The van der Waals surface area contributed by atoms with Gasteiger partial charge in [-0.05, 0) is 24.3 Å². The number of aromatic amines is 1. The molecule has 3 N–H and O–H groups in total. The summed E-state index contributed by atoms with van der Waals surface area (Å²) in [5.74, 6) is -1.23. The third kappa shape index (κ3) is 3.07. The number of hydrogen-bond acceptors (Lipinski definition) is 3. The fourth-order valence-corrected chi connectivity index (χ4v) is 2.65. The van der Waals surface area contributed by atoms with Crippen molar-refractivity contribution in [2.45, 2.75) is 4.90 Å². The maximum absolute atomic E-state index is 12.0. The molecule has 2 aromatic rings. The van der Waals surface area contributed by atoms with Crippen LogP contribution >= 0.6 is 11.6 Å². The molecule has 6 nitrogen and oxygen atoms in total. The molecule has 0 amide bonds. The molecule has 0 aliphatic rings. The largest absolute Gasteiger partial charge is 0.477 e. The number of nitrogens with one attached hydrogen (secondary N) is 2. The Morgan fingerprint density at radius 2 is 2.05 bits per heavy atom. The van der Waals surface area contributed by atoms with E-state index < -0.39 is 16.0 Å². The van der Waals surface area contributed by atoms with Crippen molar-refractivity contribution in [3.8, 4) is 0 Å². The van der Waals surface area contributed by atoms with Crippen LogP contribution in [0.25, 0.3) is 0 Å². The van der Waals surface area contributed by atoms with Crippen molar-refractivity contribution < 1.29 is 18.3 Å². The molecule has 0 saturated carbocycles. The van der Waals surface area contributed by atoms with Crippen LogP contribution in [0.4, 0.5) is 5.69 Å². The van der Waals surface area contributed by atoms with E-state index in [4.69, 9.17) is 16.7 Å². The second kappa shape index (κ2) is 4.94. The fourth-order valence-electron chi connectivity index (χ4n) is 1.42. The molecule has 0 bridgehead atoms. The van der Waals surface area contributed by atoms with Gasteiger partial charge in [-0.1, -0.05) is 17.7 Å². The van der Waals surface area contributed by atoms with Crippen LogP contribution in [0, 0.1) is 0 Å². The maximum atomic E-state index is 12.0. The number of H-pyrrole nitrogens is 1. The SMILES string of the molecule is O=C(O)c1cc(S(=O)(=O)Nc2cccc(Cl)c2)c[nH]1. The van der Waals surface area contributed by atoms with Gasteiger partial charge in [0.25, 0.3) is 10.0 Å². The van der Waals surface area contributed by atoms with Crippen molar-refractivity contribution in [1.82, 2.24) is 4.98 Å². The van der Waals surface area contributed by atoms with Crippen LogP contribution < -0.4 is 4.72 Å². The summed E-state index contributed by atoms with van der Waals surface area (Å²) in [6.07, 6.45) is 1.11. The highest BCUT2D eigenvalue weighted by atomic mass is 35.5. The lowest BCUT2D eigenvalue weighted by atomic mass is 10.3. The quantitative estimate of drug-likeness (QED) is 0.805. The van der Waals surface area contributed by atoms with Crippen LogP contribution in [-0.2, 0) is 10.0 Å². The number of aromatic nitrogens is 1. The molecule has 19 heavy (non-hydrogen) atoms. The molecular weight excluding hydrogens is 292 g/mol. The standard InChI is InChI=1S/C11H9ClN2O4S/c12-7-2-1-3-8(4-7)14-19(17,18)9-5-10(11(15)16)13-6-9/h1-6,13-14H,(H,15,16). The summed E-state index contributed by atoms with van der Waals surface area (Å²) in [5, 5.41) is 9.12. The van der Waals surface area contributed by atoms with E-state index in [2.05, 4.69) is 9.71 Å². The van der Waals surface area contributed by atoms with E-state index >= 15 is 0 Å². The van der Waals surface area contributed by atoms with E-state index in [9.17, 15) is 13.2 Å². The number of benzene rings is 1. The normalized spacial score (nSPS) is 11.2. The number of halogens is 1. The molecule has 1 heterocycles. The van der Waals surface area contributed by atoms with Crippen LogP contribution in [0.1, 0.15) is 10.5 Å². The van der Waals surface area contributed by atoms with Crippen LogP contribution in [0.5, 0.6) is 0 Å². The van der Waals surface area contributed by atoms with Gasteiger partial charge in [0.2, 0.25) is 0 Å². The van der Waals surface area contributed by atoms with E-state index in [1.165, 1.54) is 12.1 Å². The minimum Gasteiger partial charge on any atom is -0.477 e. The molecule has 0 aliphatic heterocycles. The number of aromatic carboxylic acids is 1. The summed E-state index contributed by atoms with van der Waals surface area (Å²) in [7, 11) is -3.85. The Hall–Kier alpha value is -1.99. The lowest BCUT2D eigenvalue weighted by Crippen LogP contribution is -2.12. The average Bonchev–Trinajstić information content (AvgIpc) is 2.78. The summed E-state index contributed by atoms with van der Waals surface area (Å²) < 4.78 is 26.3. The molecule has 0 spiro atoms. The number of carboxylic acids is 1. The number of carbonyl (C=O) groups is 1. The van der Waals surface area contributed by atoms with Gasteiger partial charge in [0.05, 0.1) is 5.69 Å². The highest BCUT2D eigenvalue weighted by Crippen LogP contribution is 2.19. The van der Waals surface area contributed by atoms with Crippen LogP contribution in [0.15, 0.2) is 41.4 Å². The zero-order valence-electron chi connectivity index (χ0n) is 9.42. The second-order valence-electron chi connectivity index (χ2n) is 3.67. The van der Waals surface area contributed by atoms with E-state index in [0.29, 0.717) is 10.7 Å². The number of carboxylic acid groups (broad SMARTS) is 1. The van der Waals surface area contributed by atoms with Crippen LogP contribution in [0.2, 0.25) is 5.02 Å². The monoisotopic (exact) mass is 300 g/mol. The van der Waals surface area contributed by atoms with E-state index in [1.807, 2.05) is 0 Å². The highest BCUT2D eigenvalue weighted by Gasteiger charge is 2.18. The van der Waals surface area contributed by atoms with Gasteiger partial charge >= 0.3 is 5.97 Å². The first-order valence-corrected chi connectivity index (χ1v) is 6.95. The zero-order valence-corrected chi connectivity index (χ0v) is 11.0. The third-order valence-corrected chi connectivity index (χ3v) is 3.87. The minimum atomic E-state index is -3.85. The van der Waals surface area contributed by atoms with Crippen molar-refractivity contribution in [2.75, 3.05) is 4.72 Å². The van der Waals surface area contributed by atoms with Crippen molar-refractivity contribution in [2.24, 2.45) is 0 Å². The second-order valence-corrected chi connectivity index (χ2v) is 5.79. The summed E-state index contributed by atoms with van der Waals surface area (Å²) in [6.45, 7) is 0. The van der Waals surface area contributed by atoms with Gasteiger partial charge in [-0.15, -0.1) is 0 Å². The minimum absolute atomic E-state index is 0.162. The molecule has 0 unspecified atom stereocenters. The van der Waals surface area contributed by atoms with Gasteiger partial charge in [0.15, 0.2) is 0 Å². The Balaban J connectivity index is 2.29. The molecule has 100 valence electrons. The van der Waals surface area contributed by atoms with E-state index in [0.717, 1.165) is 12.3 Å². The van der Waals surface area contributed by atoms with Gasteiger partial charge in [0.1, 0.15) is 10.6 Å². The summed E-state index contributed by atoms with van der Waals surface area (Å²) in [5.41, 5.74) is 0.0945. The van der Waals surface area contributed by atoms with E-state index in [-0.39, 0.29) is 10.6 Å². The van der Waals surface area contributed by atoms with Gasteiger partial charge < -0.3 is 10.1 Å². The van der Waals surface area contributed by atoms with Crippen LogP contribution in [-0.4, -0.2) is 24.5 Å². The molecule has 1 aromatic heterocycles. The first-order valence-electron chi connectivity index (χ1n) is 5.08. The van der Waals surface area contributed by atoms with Gasteiger partial charge in [-0.2, -0.15) is 0 Å². The molecule has 0 atom stereocenters. The summed E-state index contributed by atoms with van der Waals surface area (Å²) >= 11 is 5.75. The molecule has 0 saturated heterocycles. The fraction of sp³-hybridized carbons (Fsp3) is 0. The van der Waals surface area contributed by atoms with Crippen LogP contribution in [0.3, 0.4) is 0 Å². The molecule has 0 aliphatic carbocycles. The maximum Gasteiger partial charge on any atom is 0.352 e. The Kier molecular flexibility index (Phi) is 3.50. The number of anilines is 1. The molecule has 1 aromatic carbocycles. The smallest absolute Gasteiger partial charge is 0.352 e. The van der Waals surface area contributed by atoms with Gasteiger partial charge in [-0.25, -0.2) is 13.2 Å². The lowest BCUT2D eigenvalue weighted by Gasteiger charge is -2.06. The number of hydrogen-bond donors (Lipinski definition) is 3. The first-order chi connectivity index (χ1) is 8.88. The Morgan fingerprint density at radius 3 is 2.63 bits per heavy atom. The summed E-state index contributed by atoms with van der Waals surface area (Å²) in [4.78, 5) is 12.9. The van der Waals surface area contributed by atoms with Crippen molar-refractivity contribution in [3.05, 3.63) is 47.2 Å². The number of rotatable bonds is 4. The van der Waals surface area contributed by atoms with Gasteiger partial charge in [-0.3, -0.25) is 4.72 Å². The summed E-state index contributed by atoms with van der Waals surface area (Å²) in [6, 6.07) is 7.23. The molecule has 8 heteroatoms. The Labute approximate surface area is 114 Å². The van der Waals surface area contributed by atoms with E-state index in [1.54, 1.807) is 12.1 Å². The Bertz CT molecular complexity index is 724. The topological polar surface area (TPSA) is 99.3 Å². The first kappa shape index (κ1) is 13.4. The third-order valence-electron chi connectivity index (χ3n) is 2.27. The average molecular weight is 301 g/mol. The number of sulfonamides is 1. The molecular formula is C11H9ClN2O4S. The molecule has 2 rings (SSSR count). The highest BCUT2D eigenvalue weighted by molar-refractivity contribution is 7.92. The molecule has 0 radical (unpaired) electrons. The van der Waals surface area contributed by atoms with Crippen molar-refractivity contribution >= 4 is 33.3 Å². The molecule has 0 fully saturated rings. The Morgan fingerprint density at radius 1 is 1.32 bits per heavy atom. The van der Waals surface area contributed by atoms with Crippen molar-refractivity contribution in [1.29, 1.82) is 0 Å². The predicted octanol–water partition coefficient (Wildman–Crippen LogP) is 2.17.